The van der Waals surface area contributed by atoms with E-state index in [1.54, 1.807) is 46.4 Å². The smallest absolute Gasteiger partial charge is 0.413 e. The molecule has 1 saturated heterocycles. The number of halogens is 3. The summed E-state index contributed by atoms with van der Waals surface area (Å²) in [6, 6.07) is 3.77. The molecule has 5 rings (SSSR count). The first-order chi connectivity index (χ1) is 22.0. The number of amides is 2. The molecule has 0 aliphatic carbocycles. The van der Waals surface area contributed by atoms with E-state index >= 15 is 4.39 Å². The molecule has 3 heterocycles. The van der Waals surface area contributed by atoms with E-state index in [0.717, 1.165) is 23.8 Å². The number of aromatic amines is 1. The summed E-state index contributed by atoms with van der Waals surface area (Å²) in [5, 5.41) is 2.78. The van der Waals surface area contributed by atoms with E-state index in [2.05, 4.69) is 20.3 Å². The zero-order valence-electron chi connectivity index (χ0n) is 27.2. The number of H-pyrrole nitrogens is 1. The minimum atomic E-state index is -0.853. The highest BCUT2D eigenvalue weighted by Crippen LogP contribution is 2.42. The van der Waals surface area contributed by atoms with Crippen molar-refractivity contribution in [2.45, 2.75) is 78.6 Å². The molecule has 15 heteroatoms. The van der Waals surface area contributed by atoms with E-state index in [-0.39, 0.29) is 54.3 Å². The Morgan fingerprint density at radius 3 is 2.47 bits per heavy atom. The summed E-state index contributed by atoms with van der Waals surface area (Å²) < 4.78 is 42.4. The number of rotatable bonds is 5. The van der Waals surface area contributed by atoms with Gasteiger partial charge in [0.05, 0.1) is 26.8 Å². The summed E-state index contributed by atoms with van der Waals surface area (Å²) in [5.74, 6) is -1.25. The summed E-state index contributed by atoms with van der Waals surface area (Å²) >= 11 is 7.61. The first-order valence-corrected chi connectivity index (χ1v) is 16.4. The quantitative estimate of drug-likeness (QED) is 0.218. The van der Waals surface area contributed by atoms with Crippen LogP contribution in [-0.2, 0) is 9.47 Å². The van der Waals surface area contributed by atoms with Crippen LogP contribution in [0.5, 0.6) is 0 Å². The number of aromatic nitrogens is 3. The van der Waals surface area contributed by atoms with Crippen molar-refractivity contribution >= 4 is 67.2 Å². The Hall–Kier alpha value is -4.04. The Balaban J connectivity index is 1.55. The third-order valence-corrected chi connectivity index (χ3v) is 8.58. The van der Waals surface area contributed by atoms with Crippen LogP contribution in [0.1, 0.15) is 61.3 Å². The molecule has 1 aliphatic heterocycles. The number of hydrogen-bond donors (Lipinski definition) is 2. The monoisotopic (exact) mass is 690 g/mol. The van der Waals surface area contributed by atoms with Gasteiger partial charge in [0, 0.05) is 36.1 Å². The van der Waals surface area contributed by atoms with Gasteiger partial charge >= 0.3 is 17.9 Å². The lowest BCUT2D eigenvalue weighted by atomic mass is 10.0. The minimum absolute atomic E-state index is 0.0230. The van der Waals surface area contributed by atoms with Crippen LogP contribution in [0.15, 0.2) is 23.0 Å². The maximum absolute atomic E-state index is 16.5. The van der Waals surface area contributed by atoms with Gasteiger partial charge in [-0.05, 0) is 66.2 Å². The van der Waals surface area contributed by atoms with Crippen LogP contribution in [0.2, 0.25) is 5.02 Å². The molecule has 11 nitrogen and oxygen atoms in total. The summed E-state index contributed by atoms with van der Waals surface area (Å²) in [6.45, 7) is 13.5. The Morgan fingerprint density at radius 1 is 1.11 bits per heavy atom. The Morgan fingerprint density at radius 2 is 1.81 bits per heavy atom. The molecule has 1 fully saturated rings. The maximum atomic E-state index is 16.5. The van der Waals surface area contributed by atoms with Crippen molar-refractivity contribution in [2.75, 3.05) is 29.9 Å². The molecule has 2 N–H and O–H groups in total. The average Bonchev–Trinajstić information content (AvgIpc) is 3.37. The fourth-order valence-corrected chi connectivity index (χ4v) is 6.68. The molecule has 1 unspecified atom stereocenters. The van der Waals surface area contributed by atoms with Crippen LogP contribution in [-0.4, -0.2) is 68.9 Å². The summed E-state index contributed by atoms with van der Waals surface area (Å²) in [5.41, 5.74) is -2.22. The van der Waals surface area contributed by atoms with Crippen molar-refractivity contribution in [3.05, 3.63) is 45.3 Å². The van der Waals surface area contributed by atoms with E-state index in [1.165, 1.54) is 12.1 Å². The first kappa shape index (κ1) is 34.3. The van der Waals surface area contributed by atoms with Gasteiger partial charge in [0.1, 0.15) is 22.8 Å². The molecule has 0 radical (unpaired) electrons. The number of benzene rings is 2. The number of ether oxygens (including phenoxy) is 2. The van der Waals surface area contributed by atoms with Crippen molar-refractivity contribution < 1.29 is 27.8 Å². The number of carbonyl (C=O) groups is 2. The number of fused-ring (bicyclic) bond motifs is 2. The van der Waals surface area contributed by atoms with Crippen molar-refractivity contribution in [1.82, 2.24) is 19.9 Å². The number of carbonyl (C=O) groups excluding carboxylic acids is 2. The first-order valence-electron chi connectivity index (χ1n) is 15.2. The molecule has 252 valence electrons. The van der Waals surface area contributed by atoms with Crippen molar-refractivity contribution in [2.24, 2.45) is 0 Å². The maximum Gasteiger partial charge on any atom is 0.413 e. The van der Waals surface area contributed by atoms with E-state index < -0.39 is 40.7 Å². The van der Waals surface area contributed by atoms with E-state index in [0.29, 0.717) is 26.1 Å². The largest absolute Gasteiger partial charge is 0.444 e. The Labute approximate surface area is 279 Å². The van der Waals surface area contributed by atoms with Crippen LogP contribution in [0, 0.1) is 11.6 Å². The standard InChI is InChI=1S/C32H37ClF2N6O5S/c1-8-9-16-15-40(12-13-41(16)30(44)46-32(5,6)7)26-18-14-19(33)21(22(35)23(18)36-27(42)38-26)17-10-11-20(34)25-24(17)37-28(47-25)39-29(43)45-31(2,3)4/h10-11,14,16H,8-9,12-13,15H2,1-7H3,(H,36,38,42)(H,37,39,43). The number of anilines is 2. The molecule has 0 saturated carbocycles. The molecule has 2 amide bonds. The molecule has 4 aromatic rings. The molecule has 0 spiro atoms. The second-order valence-electron chi connectivity index (χ2n) is 13.3. The summed E-state index contributed by atoms with van der Waals surface area (Å²) in [6.07, 6.45) is 0.271. The highest BCUT2D eigenvalue weighted by molar-refractivity contribution is 7.22. The van der Waals surface area contributed by atoms with Crippen LogP contribution < -0.4 is 15.9 Å². The number of nitrogens with one attached hydrogen (secondary N) is 2. The van der Waals surface area contributed by atoms with E-state index in [4.69, 9.17) is 21.1 Å². The molecular formula is C32H37ClF2N6O5S. The number of thiazole rings is 1. The molecule has 0 bridgehead atoms. The van der Waals surface area contributed by atoms with Gasteiger partial charge in [-0.3, -0.25) is 5.32 Å². The predicted octanol–water partition coefficient (Wildman–Crippen LogP) is 7.70. The third-order valence-electron chi connectivity index (χ3n) is 7.30. The molecule has 2 aromatic carbocycles. The topological polar surface area (TPSA) is 130 Å². The van der Waals surface area contributed by atoms with Gasteiger partial charge in [0.15, 0.2) is 10.9 Å². The Kier molecular flexibility index (Phi) is 9.39. The van der Waals surface area contributed by atoms with Gasteiger partial charge in [-0.2, -0.15) is 4.98 Å². The number of nitrogens with zero attached hydrogens (tertiary/aromatic N) is 4. The Bertz CT molecular complexity index is 1920. The lowest BCUT2D eigenvalue weighted by Gasteiger charge is -2.42. The fourth-order valence-electron chi connectivity index (χ4n) is 5.51. The van der Waals surface area contributed by atoms with Gasteiger partial charge < -0.3 is 24.3 Å². The van der Waals surface area contributed by atoms with Gasteiger partial charge in [0.25, 0.3) is 0 Å². The van der Waals surface area contributed by atoms with Crippen LogP contribution in [0.25, 0.3) is 32.2 Å². The second-order valence-corrected chi connectivity index (χ2v) is 14.7. The van der Waals surface area contributed by atoms with Crippen LogP contribution >= 0.6 is 22.9 Å². The van der Waals surface area contributed by atoms with Crippen molar-refractivity contribution in [3.8, 4) is 11.1 Å². The van der Waals surface area contributed by atoms with E-state index in [9.17, 15) is 18.8 Å². The lowest BCUT2D eigenvalue weighted by molar-refractivity contribution is 0.0131. The predicted molar refractivity (Wildman–Crippen MR) is 180 cm³/mol. The molecule has 1 atom stereocenters. The van der Waals surface area contributed by atoms with Gasteiger partial charge in [-0.25, -0.2) is 28.1 Å². The van der Waals surface area contributed by atoms with Crippen LogP contribution in [0.4, 0.5) is 29.3 Å². The summed E-state index contributed by atoms with van der Waals surface area (Å²) in [7, 11) is 0. The summed E-state index contributed by atoms with van der Waals surface area (Å²) in [4.78, 5) is 52.8. The highest BCUT2D eigenvalue weighted by Gasteiger charge is 2.34. The second kappa shape index (κ2) is 12.9. The number of piperazine rings is 1. The fraction of sp³-hybridized carbons (Fsp3) is 0.469. The average molecular weight is 691 g/mol. The van der Waals surface area contributed by atoms with Gasteiger partial charge in [-0.1, -0.05) is 36.3 Å². The van der Waals surface area contributed by atoms with E-state index in [1.807, 2.05) is 11.8 Å². The molecule has 1 aliphatic rings. The normalized spacial score (nSPS) is 15.7. The zero-order chi connectivity index (χ0) is 34.4. The minimum Gasteiger partial charge on any atom is -0.444 e. The van der Waals surface area contributed by atoms with Gasteiger partial charge in [-0.15, -0.1) is 0 Å². The molecule has 47 heavy (non-hydrogen) atoms. The number of hydrogen-bond acceptors (Lipinski definition) is 9. The highest BCUT2D eigenvalue weighted by atomic mass is 35.5. The van der Waals surface area contributed by atoms with Gasteiger partial charge in [0.2, 0.25) is 0 Å². The lowest BCUT2D eigenvalue weighted by Crippen LogP contribution is -2.56. The third kappa shape index (κ3) is 7.43. The van der Waals surface area contributed by atoms with Crippen LogP contribution in [0.3, 0.4) is 0 Å². The zero-order valence-corrected chi connectivity index (χ0v) is 28.8. The SMILES string of the molecule is CCCC1CN(c2nc(=O)[nH]c3c(F)c(-c4ccc(F)c5sc(NC(=O)OC(C)(C)C)nc45)c(Cl)cc23)CCN1C(=O)OC(C)(C)C. The van der Waals surface area contributed by atoms with Crippen molar-refractivity contribution in [3.63, 3.8) is 0 Å². The van der Waals surface area contributed by atoms with Crippen molar-refractivity contribution in [1.29, 1.82) is 0 Å². The molecule has 2 aromatic heterocycles. The molecular weight excluding hydrogens is 654 g/mol.